The lowest BCUT2D eigenvalue weighted by molar-refractivity contribution is -0.745. The molecule has 12 nitrogen and oxygen atoms in total. The number of aliphatic hydroxyl groups excluding tert-OH is 2. The number of aromatic amines is 1. The molecule has 4 unspecified atom stereocenters. The zero-order chi connectivity index (χ0) is 16.8. The second kappa shape index (κ2) is 5.76. The van der Waals surface area contributed by atoms with Crippen LogP contribution < -0.4 is 10.3 Å². The quantitative estimate of drug-likeness (QED) is 0.256. The molecule has 0 spiro atoms. The Morgan fingerprint density at radius 1 is 1.39 bits per heavy atom. The fourth-order valence-corrected chi connectivity index (χ4v) is 2.72. The van der Waals surface area contributed by atoms with E-state index in [0.29, 0.717) is 11.2 Å². The van der Waals surface area contributed by atoms with Gasteiger partial charge in [0.15, 0.2) is 18.5 Å². The highest BCUT2D eigenvalue weighted by Crippen LogP contribution is 2.37. The minimum Gasteiger partial charge on any atom is -0.387 e. The molecule has 0 radical (unpaired) electrons. The second-order valence-electron chi connectivity index (χ2n) is 4.97. The van der Waals surface area contributed by atoms with Crippen LogP contribution in [0.15, 0.2) is 12.7 Å². The van der Waals surface area contributed by atoms with E-state index < -0.39 is 39.0 Å². The van der Waals surface area contributed by atoms with Gasteiger partial charge in [-0.25, -0.2) is 9.13 Å². The molecular weight excluding hydrogens is 333 g/mol. The van der Waals surface area contributed by atoms with E-state index in [1.165, 1.54) is 17.2 Å². The van der Waals surface area contributed by atoms with Crippen molar-refractivity contribution in [3.63, 3.8) is 0 Å². The lowest BCUT2D eigenvalue weighted by atomic mass is 10.1. The monoisotopic (exact) mass is 348 g/mol. The van der Waals surface area contributed by atoms with Crippen LogP contribution >= 0.6 is 7.82 Å². The van der Waals surface area contributed by atoms with E-state index in [9.17, 15) is 14.8 Å². The van der Waals surface area contributed by atoms with Gasteiger partial charge < -0.3 is 30.5 Å². The first-order valence-corrected chi connectivity index (χ1v) is 8.01. The average Bonchev–Trinajstić information content (AvgIpc) is 3.01. The Balaban J connectivity index is 1.85. The number of nitrogens with zero attached hydrogens (tertiary/aromatic N) is 3. The summed E-state index contributed by atoms with van der Waals surface area (Å²) < 4.78 is 21.9. The van der Waals surface area contributed by atoms with Gasteiger partial charge in [0.25, 0.3) is 0 Å². The maximum absolute atomic E-state index is 10.7. The number of nitrogen functional groups attached to an aromatic ring is 1. The molecule has 7 N–H and O–H groups in total. The van der Waals surface area contributed by atoms with E-state index in [-0.39, 0.29) is 5.82 Å². The summed E-state index contributed by atoms with van der Waals surface area (Å²) in [6, 6.07) is 0. The molecule has 2 aromatic heterocycles. The van der Waals surface area contributed by atoms with Crippen LogP contribution in [0.1, 0.15) is 6.23 Å². The number of hydrogen-bond acceptors (Lipinski definition) is 8. The van der Waals surface area contributed by atoms with E-state index in [2.05, 4.69) is 19.5 Å². The summed E-state index contributed by atoms with van der Waals surface area (Å²) in [5.41, 5.74) is 6.46. The van der Waals surface area contributed by atoms with Gasteiger partial charge in [0.2, 0.25) is 11.7 Å². The number of anilines is 1. The van der Waals surface area contributed by atoms with E-state index in [1.54, 1.807) is 0 Å². The van der Waals surface area contributed by atoms with Gasteiger partial charge in [-0.05, 0) is 0 Å². The number of phosphoric acid groups is 1. The van der Waals surface area contributed by atoms with Crippen LogP contribution in [0.5, 0.6) is 0 Å². The molecule has 1 fully saturated rings. The molecule has 2 aromatic rings. The van der Waals surface area contributed by atoms with Gasteiger partial charge in [-0.2, -0.15) is 4.98 Å². The van der Waals surface area contributed by atoms with Crippen LogP contribution in [0.4, 0.5) is 5.82 Å². The Hall–Kier alpha value is -1.66. The molecule has 3 heterocycles. The molecule has 1 saturated heterocycles. The highest BCUT2D eigenvalue weighted by Gasteiger charge is 2.47. The number of fused-ring (bicyclic) bond motifs is 1. The smallest absolute Gasteiger partial charge is 0.387 e. The van der Waals surface area contributed by atoms with E-state index in [0.717, 1.165) is 0 Å². The SMILES string of the molecule is Nc1ncnc2c1[nH]c[n+]2C1OC(COP(=O)(O)O)C(O)C1O. The largest absolute Gasteiger partial charge is 0.469 e. The number of hydrogen-bond donors (Lipinski definition) is 6. The number of rotatable bonds is 4. The highest BCUT2D eigenvalue weighted by molar-refractivity contribution is 7.46. The predicted octanol–water partition coefficient (Wildman–Crippen LogP) is -2.44. The molecule has 0 saturated carbocycles. The fraction of sp³-hybridized carbons (Fsp3) is 0.500. The Kier molecular flexibility index (Phi) is 4.06. The van der Waals surface area contributed by atoms with E-state index >= 15 is 0 Å². The van der Waals surface area contributed by atoms with Crippen molar-refractivity contribution in [3.05, 3.63) is 12.7 Å². The third kappa shape index (κ3) is 3.05. The molecule has 1 aliphatic heterocycles. The molecule has 13 heteroatoms. The van der Waals surface area contributed by atoms with Crippen molar-refractivity contribution in [3.8, 4) is 0 Å². The van der Waals surface area contributed by atoms with Gasteiger partial charge in [-0.1, -0.05) is 4.98 Å². The van der Waals surface area contributed by atoms with Crippen LogP contribution in [0.25, 0.3) is 11.2 Å². The summed E-state index contributed by atoms with van der Waals surface area (Å²) >= 11 is 0. The van der Waals surface area contributed by atoms with E-state index in [4.69, 9.17) is 20.3 Å². The average molecular weight is 348 g/mol. The van der Waals surface area contributed by atoms with Crippen LogP contribution in [0, 0.1) is 0 Å². The van der Waals surface area contributed by atoms with Crippen molar-refractivity contribution in [2.24, 2.45) is 0 Å². The molecule has 1 aliphatic rings. The van der Waals surface area contributed by atoms with Gasteiger partial charge in [0.1, 0.15) is 18.3 Å². The summed E-state index contributed by atoms with van der Waals surface area (Å²) in [6.07, 6.45) is -2.27. The van der Waals surface area contributed by atoms with Gasteiger partial charge >= 0.3 is 13.5 Å². The van der Waals surface area contributed by atoms with Crippen molar-refractivity contribution in [1.29, 1.82) is 0 Å². The van der Waals surface area contributed by atoms with Crippen molar-refractivity contribution < 1.29 is 38.4 Å². The number of H-pyrrole nitrogens is 1. The molecule has 3 rings (SSSR count). The van der Waals surface area contributed by atoms with Crippen molar-refractivity contribution in [2.75, 3.05) is 12.3 Å². The number of ether oxygens (including phenoxy) is 1. The molecule has 23 heavy (non-hydrogen) atoms. The minimum atomic E-state index is -4.71. The third-order valence-corrected chi connectivity index (χ3v) is 3.95. The number of aromatic nitrogens is 4. The van der Waals surface area contributed by atoms with Crippen LogP contribution in [0.3, 0.4) is 0 Å². The van der Waals surface area contributed by atoms with Crippen LogP contribution in [0.2, 0.25) is 0 Å². The molecule has 0 aliphatic carbocycles. The Labute approximate surface area is 128 Å². The Morgan fingerprint density at radius 3 is 2.83 bits per heavy atom. The van der Waals surface area contributed by atoms with Crippen LogP contribution in [-0.2, 0) is 13.8 Å². The van der Waals surface area contributed by atoms with Crippen molar-refractivity contribution in [1.82, 2.24) is 15.0 Å². The maximum atomic E-state index is 10.7. The molecule has 4 atom stereocenters. The highest BCUT2D eigenvalue weighted by atomic mass is 31.2. The third-order valence-electron chi connectivity index (χ3n) is 3.47. The normalized spacial score (nSPS) is 28.5. The number of nitrogens with two attached hydrogens (primary N) is 1. The number of imidazole rings is 1. The minimum absolute atomic E-state index is 0.197. The van der Waals surface area contributed by atoms with E-state index in [1.807, 2.05) is 0 Å². The topological polar surface area (TPSA) is 188 Å². The first kappa shape index (κ1) is 16.2. The fourth-order valence-electron chi connectivity index (χ4n) is 2.38. The van der Waals surface area contributed by atoms with Gasteiger partial charge in [-0.3, -0.25) is 9.51 Å². The van der Waals surface area contributed by atoms with Crippen molar-refractivity contribution >= 4 is 24.8 Å². The number of nitrogens with one attached hydrogen (secondary N) is 1. The Morgan fingerprint density at radius 2 is 2.13 bits per heavy atom. The molecular formula is C10H15N5O7P+. The summed E-state index contributed by atoms with van der Waals surface area (Å²) in [5.74, 6) is 0.197. The standard InChI is InChI=1S/C10H14N5O7P/c11-8-5-9(13-2-12-8)15(3-14-5)10-7(17)6(16)4(22-10)1-21-23(18,19)20/h2-4,6-7,10,16-17H,1H2,(H4,11,12,13,18,19,20)/p+1. The second-order valence-corrected chi connectivity index (χ2v) is 6.21. The first-order chi connectivity index (χ1) is 10.8. The summed E-state index contributed by atoms with van der Waals surface area (Å²) in [5, 5.41) is 20.1. The maximum Gasteiger partial charge on any atom is 0.469 e. The summed E-state index contributed by atoms with van der Waals surface area (Å²) in [6.45, 7) is -0.584. The van der Waals surface area contributed by atoms with Gasteiger partial charge in [0, 0.05) is 0 Å². The first-order valence-electron chi connectivity index (χ1n) is 6.48. The Bertz CT molecular complexity index is 763. The molecule has 0 amide bonds. The molecule has 0 aromatic carbocycles. The summed E-state index contributed by atoms with van der Waals surface area (Å²) in [7, 11) is -4.71. The number of aliphatic hydroxyl groups is 2. The molecule has 0 bridgehead atoms. The predicted molar refractivity (Wildman–Crippen MR) is 72.4 cm³/mol. The van der Waals surface area contributed by atoms with Crippen molar-refractivity contribution in [2.45, 2.75) is 24.5 Å². The molecule has 126 valence electrons. The lowest BCUT2D eigenvalue weighted by Gasteiger charge is -2.14. The summed E-state index contributed by atoms with van der Waals surface area (Å²) in [4.78, 5) is 28.1. The van der Waals surface area contributed by atoms with Gasteiger partial charge in [0.05, 0.1) is 6.61 Å². The zero-order valence-electron chi connectivity index (χ0n) is 11.6. The van der Waals surface area contributed by atoms with Gasteiger partial charge in [-0.15, -0.1) is 0 Å². The number of phosphoric ester groups is 1. The van der Waals surface area contributed by atoms with Crippen LogP contribution in [-0.4, -0.2) is 59.9 Å². The lowest BCUT2D eigenvalue weighted by Crippen LogP contribution is -2.45. The zero-order valence-corrected chi connectivity index (χ0v) is 12.4.